The van der Waals surface area contributed by atoms with Gasteiger partial charge < -0.3 is 26.2 Å². The highest BCUT2D eigenvalue weighted by Crippen LogP contribution is 2.26. The minimum absolute atomic E-state index is 0.242. The fraction of sp³-hybridized carbons (Fsp3) is 0.520. The summed E-state index contributed by atoms with van der Waals surface area (Å²) in [5.41, 5.74) is 0.890. The molecule has 34 heavy (non-hydrogen) atoms. The second-order valence-electron chi connectivity index (χ2n) is 9.62. The number of hydrogen-bond acceptors (Lipinski definition) is 5. The molecule has 1 aromatic carbocycles. The summed E-state index contributed by atoms with van der Waals surface area (Å²) in [6.07, 6.45) is 2.46. The van der Waals surface area contributed by atoms with Gasteiger partial charge in [0.1, 0.15) is 12.1 Å². The Bertz CT molecular complexity index is 924. The number of anilines is 1. The van der Waals surface area contributed by atoms with Gasteiger partial charge in [-0.05, 0) is 56.0 Å². The summed E-state index contributed by atoms with van der Waals surface area (Å²) in [6, 6.07) is 5.35. The zero-order valence-electron chi connectivity index (χ0n) is 20.7. The number of carbonyl (C=O) groups is 4. The second kappa shape index (κ2) is 11.8. The molecule has 4 N–H and O–H groups in total. The SMILES string of the molecule is C=CC(=O)Nc1cccc(CNC(=O)C2CCCN2C(=O)C(NC(=O)C(C)NC)C(C)(C)C)c1. The highest BCUT2D eigenvalue weighted by atomic mass is 16.2. The summed E-state index contributed by atoms with van der Waals surface area (Å²) in [6.45, 7) is 11.6. The Labute approximate surface area is 201 Å². The Kier molecular flexibility index (Phi) is 9.37. The molecule has 1 heterocycles. The first kappa shape index (κ1) is 27.0. The zero-order valence-corrected chi connectivity index (χ0v) is 20.7. The van der Waals surface area contributed by atoms with Crippen molar-refractivity contribution in [3.63, 3.8) is 0 Å². The lowest BCUT2D eigenvalue weighted by atomic mass is 9.85. The monoisotopic (exact) mass is 471 g/mol. The largest absolute Gasteiger partial charge is 0.350 e. The van der Waals surface area contributed by atoms with Crippen LogP contribution in [0.1, 0.15) is 46.1 Å². The molecule has 3 atom stereocenters. The zero-order chi connectivity index (χ0) is 25.5. The van der Waals surface area contributed by atoms with Crippen molar-refractivity contribution in [3.05, 3.63) is 42.5 Å². The minimum atomic E-state index is -0.755. The summed E-state index contributed by atoms with van der Waals surface area (Å²) in [4.78, 5) is 52.0. The molecule has 0 aliphatic carbocycles. The molecule has 9 nitrogen and oxygen atoms in total. The Morgan fingerprint density at radius 2 is 1.94 bits per heavy atom. The molecule has 186 valence electrons. The third-order valence-corrected chi connectivity index (χ3v) is 5.91. The van der Waals surface area contributed by atoms with E-state index in [1.54, 1.807) is 37.1 Å². The number of nitrogens with one attached hydrogen (secondary N) is 4. The summed E-state index contributed by atoms with van der Waals surface area (Å²) < 4.78 is 0. The average molecular weight is 472 g/mol. The average Bonchev–Trinajstić information content (AvgIpc) is 3.29. The van der Waals surface area contributed by atoms with Gasteiger partial charge in [-0.3, -0.25) is 19.2 Å². The van der Waals surface area contributed by atoms with Crippen molar-refractivity contribution in [1.29, 1.82) is 0 Å². The van der Waals surface area contributed by atoms with Gasteiger partial charge in [-0.1, -0.05) is 39.5 Å². The Hall–Kier alpha value is -3.20. The van der Waals surface area contributed by atoms with Crippen molar-refractivity contribution in [2.75, 3.05) is 18.9 Å². The smallest absolute Gasteiger partial charge is 0.247 e. The maximum absolute atomic E-state index is 13.5. The normalized spacial score (nSPS) is 17.4. The lowest BCUT2D eigenvalue weighted by Gasteiger charge is -2.36. The number of likely N-dealkylation sites (tertiary alicyclic amines) is 1. The molecule has 0 saturated carbocycles. The molecule has 1 aliphatic heterocycles. The third-order valence-electron chi connectivity index (χ3n) is 5.91. The number of likely N-dealkylation sites (N-methyl/N-ethyl adjacent to an activating group) is 1. The molecule has 1 saturated heterocycles. The molecule has 0 aromatic heterocycles. The van der Waals surface area contributed by atoms with E-state index in [0.29, 0.717) is 25.1 Å². The van der Waals surface area contributed by atoms with Gasteiger partial charge in [-0.2, -0.15) is 0 Å². The van der Waals surface area contributed by atoms with Crippen LogP contribution in [0.4, 0.5) is 5.69 Å². The molecule has 2 rings (SSSR count). The lowest BCUT2D eigenvalue weighted by Crippen LogP contribution is -2.59. The van der Waals surface area contributed by atoms with E-state index >= 15 is 0 Å². The van der Waals surface area contributed by atoms with Crippen molar-refractivity contribution < 1.29 is 19.2 Å². The van der Waals surface area contributed by atoms with E-state index in [1.807, 2.05) is 26.8 Å². The van der Waals surface area contributed by atoms with E-state index in [2.05, 4.69) is 27.8 Å². The van der Waals surface area contributed by atoms with E-state index < -0.39 is 23.5 Å². The van der Waals surface area contributed by atoms with Crippen LogP contribution in [0.25, 0.3) is 0 Å². The van der Waals surface area contributed by atoms with Crippen molar-refractivity contribution in [2.24, 2.45) is 5.41 Å². The van der Waals surface area contributed by atoms with E-state index in [-0.39, 0.29) is 30.2 Å². The maximum atomic E-state index is 13.5. The van der Waals surface area contributed by atoms with Gasteiger partial charge in [-0.15, -0.1) is 0 Å². The Balaban J connectivity index is 2.08. The third kappa shape index (κ3) is 7.15. The standard InChI is InChI=1S/C25H37N5O4/c1-7-20(31)28-18-11-8-10-17(14-18)15-27-23(33)19-12-9-13-30(19)24(34)21(25(3,4)5)29-22(32)16(2)26-6/h7-8,10-11,14,16,19,21,26H,1,9,12-13,15H2,2-6H3,(H,27,33)(H,28,31)(H,29,32). The van der Waals surface area contributed by atoms with E-state index in [9.17, 15) is 19.2 Å². The molecule has 1 fully saturated rings. The Morgan fingerprint density at radius 3 is 2.56 bits per heavy atom. The van der Waals surface area contributed by atoms with Gasteiger partial charge >= 0.3 is 0 Å². The van der Waals surface area contributed by atoms with E-state index in [1.165, 1.54) is 6.08 Å². The highest BCUT2D eigenvalue weighted by Gasteiger charge is 2.42. The van der Waals surface area contributed by atoms with Crippen molar-refractivity contribution in [3.8, 4) is 0 Å². The summed E-state index contributed by atoms with van der Waals surface area (Å²) in [5.74, 6) is -1.07. The molecule has 4 amide bonds. The quantitative estimate of drug-likeness (QED) is 0.408. The number of amides is 4. The number of rotatable bonds is 9. The number of hydrogen-bond donors (Lipinski definition) is 4. The van der Waals surface area contributed by atoms with Crippen LogP contribution >= 0.6 is 0 Å². The number of carbonyl (C=O) groups excluding carboxylic acids is 4. The van der Waals surface area contributed by atoms with Crippen LogP contribution in [-0.4, -0.2) is 60.2 Å². The molecular weight excluding hydrogens is 434 g/mol. The molecule has 1 aliphatic rings. The topological polar surface area (TPSA) is 120 Å². The van der Waals surface area contributed by atoms with Crippen LogP contribution in [0.15, 0.2) is 36.9 Å². The van der Waals surface area contributed by atoms with E-state index in [4.69, 9.17) is 0 Å². The van der Waals surface area contributed by atoms with Gasteiger partial charge in [-0.25, -0.2) is 0 Å². The summed E-state index contributed by atoms with van der Waals surface area (Å²) in [5, 5.41) is 11.3. The molecule has 0 radical (unpaired) electrons. The first-order valence-electron chi connectivity index (χ1n) is 11.6. The molecule has 1 aromatic rings. The predicted molar refractivity (Wildman–Crippen MR) is 132 cm³/mol. The Morgan fingerprint density at radius 1 is 1.24 bits per heavy atom. The molecule has 0 bridgehead atoms. The van der Waals surface area contributed by atoms with Crippen LogP contribution in [0.5, 0.6) is 0 Å². The van der Waals surface area contributed by atoms with Gasteiger partial charge in [0.2, 0.25) is 23.6 Å². The predicted octanol–water partition coefficient (Wildman–Crippen LogP) is 1.56. The van der Waals surface area contributed by atoms with Crippen LogP contribution in [-0.2, 0) is 25.7 Å². The summed E-state index contributed by atoms with van der Waals surface area (Å²) in [7, 11) is 1.68. The minimum Gasteiger partial charge on any atom is -0.350 e. The van der Waals surface area contributed by atoms with Crippen LogP contribution < -0.4 is 21.3 Å². The first-order chi connectivity index (χ1) is 16.0. The van der Waals surface area contributed by atoms with Crippen LogP contribution in [0, 0.1) is 5.41 Å². The summed E-state index contributed by atoms with van der Waals surface area (Å²) >= 11 is 0. The van der Waals surface area contributed by atoms with Gasteiger partial charge in [0.05, 0.1) is 6.04 Å². The number of nitrogens with zero attached hydrogens (tertiary/aromatic N) is 1. The van der Waals surface area contributed by atoms with Crippen molar-refractivity contribution in [2.45, 2.75) is 65.2 Å². The van der Waals surface area contributed by atoms with Gasteiger partial charge in [0, 0.05) is 18.8 Å². The van der Waals surface area contributed by atoms with Gasteiger partial charge in [0.15, 0.2) is 0 Å². The molecular formula is C25H37N5O4. The lowest BCUT2D eigenvalue weighted by molar-refractivity contribution is -0.144. The molecule has 3 unspecified atom stereocenters. The van der Waals surface area contributed by atoms with Crippen molar-refractivity contribution >= 4 is 29.3 Å². The maximum Gasteiger partial charge on any atom is 0.247 e. The fourth-order valence-electron chi connectivity index (χ4n) is 3.78. The van der Waals surface area contributed by atoms with E-state index in [0.717, 1.165) is 5.56 Å². The highest BCUT2D eigenvalue weighted by molar-refractivity contribution is 5.99. The van der Waals surface area contributed by atoms with Crippen LogP contribution in [0.3, 0.4) is 0 Å². The van der Waals surface area contributed by atoms with Gasteiger partial charge in [0.25, 0.3) is 0 Å². The second-order valence-corrected chi connectivity index (χ2v) is 9.62. The molecule has 9 heteroatoms. The number of benzene rings is 1. The molecule has 0 spiro atoms. The van der Waals surface area contributed by atoms with Crippen molar-refractivity contribution in [1.82, 2.24) is 20.9 Å². The fourth-order valence-corrected chi connectivity index (χ4v) is 3.78. The first-order valence-corrected chi connectivity index (χ1v) is 11.6. The van der Waals surface area contributed by atoms with Crippen LogP contribution in [0.2, 0.25) is 0 Å².